The highest BCUT2D eigenvalue weighted by Gasteiger charge is 2.39. The van der Waals surface area contributed by atoms with Gasteiger partial charge in [0.25, 0.3) is 0 Å². The fourth-order valence-electron chi connectivity index (χ4n) is 2.29. The third kappa shape index (κ3) is 2.77. The topological polar surface area (TPSA) is 41.6 Å². The van der Waals surface area contributed by atoms with Gasteiger partial charge in [0.05, 0.1) is 5.60 Å². The summed E-state index contributed by atoms with van der Waals surface area (Å²) in [4.78, 5) is 14.0. The van der Waals surface area contributed by atoms with Gasteiger partial charge in [-0.1, -0.05) is 0 Å². The van der Waals surface area contributed by atoms with Crippen molar-refractivity contribution in [1.29, 1.82) is 0 Å². The van der Waals surface area contributed by atoms with Crippen LogP contribution >= 0.6 is 0 Å². The number of piperazine rings is 1. The number of nitrogens with zero attached hydrogens (tertiary/aromatic N) is 1. The van der Waals surface area contributed by atoms with Gasteiger partial charge in [-0.3, -0.25) is 9.69 Å². The highest BCUT2D eigenvalue weighted by molar-refractivity contribution is 5.86. The molecule has 1 atom stereocenters. The predicted molar refractivity (Wildman–Crippen MR) is 57.9 cm³/mol. The number of ketones is 1. The van der Waals surface area contributed by atoms with Gasteiger partial charge in [0.2, 0.25) is 0 Å². The van der Waals surface area contributed by atoms with Gasteiger partial charge >= 0.3 is 0 Å². The standard InChI is InChI=1S/C11H20N2O2/c1-11(2)7-9(14)10(15-11)8-13-5-3-12-4-6-13/h10,12H,3-8H2,1-2H3. The van der Waals surface area contributed by atoms with E-state index in [-0.39, 0.29) is 17.5 Å². The van der Waals surface area contributed by atoms with Crippen molar-refractivity contribution in [2.45, 2.75) is 32.0 Å². The predicted octanol–water partition coefficient (Wildman–Crippen LogP) is 0.0282. The van der Waals surface area contributed by atoms with Gasteiger partial charge in [-0.25, -0.2) is 0 Å². The molecule has 4 heteroatoms. The van der Waals surface area contributed by atoms with Gasteiger partial charge in [-0.2, -0.15) is 0 Å². The van der Waals surface area contributed by atoms with E-state index in [0.29, 0.717) is 6.42 Å². The quantitative estimate of drug-likeness (QED) is 0.701. The lowest BCUT2D eigenvalue weighted by atomic mass is 10.0. The number of carbonyl (C=O) groups excluding carboxylic acids is 1. The van der Waals surface area contributed by atoms with Crippen LogP contribution in [0, 0.1) is 0 Å². The Balaban J connectivity index is 1.86. The summed E-state index contributed by atoms with van der Waals surface area (Å²) in [5.74, 6) is 0.263. The second-order valence-corrected chi connectivity index (χ2v) is 5.06. The van der Waals surface area contributed by atoms with Gasteiger partial charge in [0.15, 0.2) is 5.78 Å². The molecule has 0 aromatic heterocycles. The Bertz CT molecular complexity index is 247. The number of Topliss-reactive ketones (excluding diaryl/α,β-unsaturated/α-hetero) is 1. The van der Waals surface area contributed by atoms with Crippen molar-refractivity contribution in [3.05, 3.63) is 0 Å². The molecule has 0 spiro atoms. The summed E-state index contributed by atoms with van der Waals surface area (Å²) in [6, 6.07) is 0. The van der Waals surface area contributed by atoms with E-state index in [4.69, 9.17) is 4.74 Å². The molecule has 86 valence electrons. The molecule has 2 saturated heterocycles. The van der Waals surface area contributed by atoms with Crippen LogP contribution in [0.5, 0.6) is 0 Å². The Morgan fingerprint density at radius 3 is 2.67 bits per heavy atom. The Kier molecular flexibility index (Phi) is 3.09. The Labute approximate surface area is 91.0 Å². The third-order valence-electron chi connectivity index (χ3n) is 3.05. The van der Waals surface area contributed by atoms with E-state index in [0.717, 1.165) is 32.7 Å². The summed E-state index contributed by atoms with van der Waals surface area (Å²) in [6.45, 7) is 8.82. The van der Waals surface area contributed by atoms with Gasteiger partial charge in [0.1, 0.15) is 6.10 Å². The first-order valence-corrected chi connectivity index (χ1v) is 5.70. The van der Waals surface area contributed by atoms with E-state index in [1.165, 1.54) is 0 Å². The molecule has 0 amide bonds. The van der Waals surface area contributed by atoms with Gasteiger partial charge in [-0.15, -0.1) is 0 Å². The molecule has 2 aliphatic rings. The molecule has 0 radical (unpaired) electrons. The Hall–Kier alpha value is -0.450. The molecule has 0 aromatic carbocycles. The maximum Gasteiger partial charge on any atom is 0.165 e. The van der Waals surface area contributed by atoms with Gasteiger partial charge in [0, 0.05) is 39.1 Å². The molecular formula is C11H20N2O2. The minimum atomic E-state index is -0.254. The zero-order valence-electron chi connectivity index (χ0n) is 9.58. The van der Waals surface area contributed by atoms with Crippen molar-refractivity contribution >= 4 is 5.78 Å². The Morgan fingerprint density at radius 1 is 1.47 bits per heavy atom. The summed E-state index contributed by atoms with van der Waals surface area (Å²) in [5.41, 5.74) is -0.254. The van der Waals surface area contributed by atoms with Crippen molar-refractivity contribution in [3.63, 3.8) is 0 Å². The maximum absolute atomic E-state index is 11.7. The second-order valence-electron chi connectivity index (χ2n) is 5.06. The van der Waals surface area contributed by atoms with Crippen LogP contribution in [0.3, 0.4) is 0 Å². The van der Waals surface area contributed by atoms with E-state index < -0.39 is 0 Å². The summed E-state index contributed by atoms with van der Waals surface area (Å²) < 4.78 is 5.75. The van der Waals surface area contributed by atoms with E-state index in [2.05, 4.69) is 10.2 Å². The first kappa shape index (κ1) is 11.0. The summed E-state index contributed by atoms with van der Waals surface area (Å²) in [5, 5.41) is 3.30. The van der Waals surface area contributed by atoms with Crippen LogP contribution in [0.25, 0.3) is 0 Å². The molecule has 1 unspecified atom stereocenters. The van der Waals surface area contributed by atoms with Gasteiger partial charge < -0.3 is 10.1 Å². The van der Waals surface area contributed by atoms with Crippen molar-refractivity contribution < 1.29 is 9.53 Å². The lowest BCUT2D eigenvalue weighted by Gasteiger charge is -2.29. The van der Waals surface area contributed by atoms with Crippen LogP contribution in [0.15, 0.2) is 0 Å². The van der Waals surface area contributed by atoms with E-state index in [9.17, 15) is 4.79 Å². The molecule has 15 heavy (non-hydrogen) atoms. The van der Waals surface area contributed by atoms with Crippen LogP contribution in [0.2, 0.25) is 0 Å². The van der Waals surface area contributed by atoms with Crippen molar-refractivity contribution in [2.24, 2.45) is 0 Å². The maximum atomic E-state index is 11.7. The molecule has 2 aliphatic heterocycles. The van der Waals surface area contributed by atoms with E-state index in [1.807, 2.05) is 13.8 Å². The molecule has 0 aliphatic carbocycles. The molecule has 2 heterocycles. The number of hydrogen-bond donors (Lipinski definition) is 1. The third-order valence-corrected chi connectivity index (χ3v) is 3.05. The number of ether oxygens (including phenoxy) is 1. The number of carbonyl (C=O) groups is 1. The lowest BCUT2D eigenvalue weighted by Crippen LogP contribution is -2.47. The molecule has 1 N–H and O–H groups in total. The molecule has 0 bridgehead atoms. The summed E-state index contributed by atoms with van der Waals surface area (Å²) >= 11 is 0. The molecule has 0 aromatic rings. The Morgan fingerprint density at radius 2 is 2.13 bits per heavy atom. The first-order valence-electron chi connectivity index (χ1n) is 5.70. The van der Waals surface area contributed by atoms with Crippen LogP contribution in [-0.2, 0) is 9.53 Å². The highest BCUT2D eigenvalue weighted by Crippen LogP contribution is 2.27. The van der Waals surface area contributed by atoms with Crippen molar-refractivity contribution in [2.75, 3.05) is 32.7 Å². The molecule has 2 rings (SSSR count). The molecule has 2 fully saturated rings. The first-order chi connectivity index (χ1) is 7.07. The molecule has 0 saturated carbocycles. The van der Waals surface area contributed by atoms with Crippen LogP contribution in [0.1, 0.15) is 20.3 Å². The average molecular weight is 212 g/mol. The van der Waals surface area contributed by atoms with Crippen LogP contribution in [0.4, 0.5) is 0 Å². The SMILES string of the molecule is CC1(C)CC(=O)C(CN2CCNCC2)O1. The number of nitrogens with one attached hydrogen (secondary N) is 1. The molecular weight excluding hydrogens is 192 g/mol. The van der Waals surface area contributed by atoms with Crippen LogP contribution < -0.4 is 5.32 Å². The fraction of sp³-hybridized carbons (Fsp3) is 0.909. The van der Waals surface area contributed by atoms with Crippen molar-refractivity contribution in [3.8, 4) is 0 Å². The summed E-state index contributed by atoms with van der Waals surface area (Å²) in [7, 11) is 0. The minimum Gasteiger partial charge on any atom is -0.363 e. The zero-order chi connectivity index (χ0) is 10.9. The van der Waals surface area contributed by atoms with E-state index in [1.54, 1.807) is 0 Å². The second kappa shape index (κ2) is 4.20. The van der Waals surface area contributed by atoms with Crippen LogP contribution in [-0.4, -0.2) is 55.1 Å². The van der Waals surface area contributed by atoms with Crippen molar-refractivity contribution in [1.82, 2.24) is 10.2 Å². The normalized spacial score (nSPS) is 32.1. The lowest BCUT2D eigenvalue weighted by molar-refractivity contribution is -0.124. The minimum absolute atomic E-state index is 0.196. The monoisotopic (exact) mass is 212 g/mol. The number of rotatable bonds is 2. The highest BCUT2D eigenvalue weighted by atomic mass is 16.5. The zero-order valence-corrected chi connectivity index (χ0v) is 9.58. The van der Waals surface area contributed by atoms with Gasteiger partial charge in [-0.05, 0) is 13.8 Å². The van der Waals surface area contributed by atoms with E-state index >= 15 is 0 Å². The average Bonchev–Trinajstić information content (AvgIpc) is 2.41. The largest absolute Gasteiger partial charge is 0.363 e. The molecule has 4 nitrogen and oxygen atoms in total. The fourth-order valence-corrected chi connectivity index (χ4v) is 2.29. The summed E-state index contributed by atoms with van der Waals surface area (Å²) in [6.07, 6.45) is 0.363. The smallest absolute Gasteiger partial charge is 0.165 e. The number of hydrogen-bond acceptors (Lipinski definition) is 4.